The zero-order valence-electron chi connectivity index (χ0n) is 8.00. The van der Waals surface area contributed by atoms with Gasteiger partial charge >= 0.3 is 0 Å². The lowest BCUT2D eigenvalue weighted by Gasteiger charge is -2.15. The van der Waals surface area contributed by atoms with Gasteiger partial charge in [0.1, 0.15) is 12.4 Å². The molecule has 3 nitrogen and oxygen atoms in total. The number of hydrogen-bond acceptors (Lipinski definition) is 3. The maximum absolute atomic E-state index is 5.67. The summed E-state index contributed by atoms with van der Waals surface area (Å²) in [6.07, 6.45) is 4.99. The Bertz CT molecular complexity index is 320. The molecule has 1 unspecified atom stereocenters. The van der Waals surface area contributed by atoms with Crippen LogP contribution in [0.5, 0.6) is 0 Å². The summed E-state index contributed by atoms with van der Waals surface area (Å²) in [7, 11) is 1.71. The van der Waals surface area contributed by atoms with E-state index >= 15 is 0 Å². The average Bonchev–Trinajstić information content (AvgIpc) is 2.41. The van der Waals surface area contributed by atoms with Crippen molar-refractivity contribution in [3.05, 3.63) is 21.9 Å². The van der Waals surface area contributed by atoms with Crippen LogP contribution in [0, 0.1) is 0 Å². The Labute approximate surface area is 91.6 Å². The second-order valence-electron chi connectivity index (χ2n) is 3.28. The molecule has 0 aromatic heterocycles. The molecule has 0 aromatic rings. The number of dihydropyridines is 1. The Morgan fingerprint density at radius 1 is 1.64 bits per heavy atom. The molecular formula is C10H12BrNO2. The fraction of sp³-hybridized carbons (Fsp3) is 0.500. The van der Waals surface area contributed by atoms with Crippen LogP contribution < -0.4 is 0 Å². The molecule has 0 saturated carbocycles. The van der Waals surface area contributed by atoms with Gasteiger partial charge in [0.2, 0.25) is 0 Å². The summed E-state index contributed by atoms with van der Waals surface area (Å²) in [6, 6.07) is 0. The Morgan fingerprint density at radius 3 is 3.29 bits per heavy atom. The Hall–Kier alpha value is -0.610. The first-order valence-corrected chi connectivity index (χ1v) is 5.35. The molecule has 0 aromatic carbocycles. The van der Waals surface area contributed by atoms with E-state index in [1.165, 1.54) is 0 Å². The summed E-state index contributed by atoms with van der Waals surface area (Å²) in [5.74, 6) is 0.916. The van der Waals surface area contributed by atoms with Gasteiger partial charge in [-0.25, -0.2) is 0 Å². The van der Waals surface area contributed by atoms with Gasteiger partial charge in [-0.3, -0.25) is 4.99 Å². The topological polar surface area (TPSA) is 30.8 Å². The number of aliphatic imine (C=N–C) groups is 1. The van der Waals surface area contributed by atoms with Gasteiger partial charge in [0.15, 0.2) is 0 Å². The van der Waals surface area contributed by atoms with Crippen molar-refractivity contribution in [2.24, 2.45) is 4.99 Å². The van der Waals surface area contributed by atoms with Gasteiger partial charge in [0, 0.05) is 18.9 Å². The van der Waals surface area contributed by atoms with Crippen LogP contribution in [0.1, 0.15) is 6.42 Å². The Balaban J connectivity index is 2.23. The summed E-state index contributed by atoms with van der Waals surface area (Å²) < 4.78 is 11.9. The number of halogens is 1. The van der Waals surface area contributed by atoms with E-state index < -0.39 is 0 Å². The fourth-order valence-corrected chi connectivity index (χ4v) is 2.02. The van der Waals surface area contributed by atoms with E-state index in [2.05, 4.69) is 27.0 Å². The van der Waals surface area contributed by atoms with Crippen LogP contribution in [-0.4, -0.2) is 32.6 Å². The van der Waals surface area contributed by atoms with Crippen molar-refractivity contribution in [1.82, 2.24) is 0 Å². The Morgan fingerprint density at radius 2 is 2.50 bits per heavy atom. The lowest BCUT2D eigenvalue weighted by atomic mass is 10.1. The highest BCUT2D eigenvalue weighted by Crippen LogP contribution is 2.27. The first-order chi connectivity index (χ1) is 6.81. The molecule has 76 valence electrons. The second-order valence-corrected chi connectivity index (χ2v) is 4.13. The van der Waals surface area contributed by atoms with Crippen molar-refractivity contribution in [3.63, 3.8) is 0 Å². The van der Waals surface area contributed by atoms with E-state index in [9.17, 15) is 0 Å². The van der Waals surface area contributed by atoms with E-state index in [-0.39, 0.29) is 6.10 Å². The molecular weight excluding hydrogens is 246 g/mol. The molecule has 4 heteroatoms. The van der Waals surface area contributed by atoms with Gasteiger partial charge < -0.3 is 9.47 Å². The van der Waals surface area contributed by atoms with E-state index in [0.29, 0.717) is 13.2 Å². The summed E-state index contributed by atoms with van der Waals surface area (Å²) >= 11 is 3.43. The van der Waals surface area contributed by atoms with Crippen molar-refractivity contribution in [1.29, 1.82) is 0 Å². The van der Waals surface area contributed by atoms with Crippen LogP contribution >= 0.6 is 15.9 Å². The van der Waals surface area contributed by atoms with Crippen LogP contribution in [0.25, 0.3) is 0 Å². The minimum Gasteiger partial charge on any atom is -0.489 e. The molecule has 1 atom stereocenters. The normalized spacial score (nSPS) is 26.4. The van der Waals surface area contributed by atoms with Crippen LogP contribution in [-0.2, 0) is 9.47 Å². The molecule has 0 N–H and O–H groups in total. The fourth-order valence-electron chi connectivity index (χ4n) is 1.51. The first kappa shape index (κ1) is 9.93. The molecule has 14 heavy (non-hydrogen) atoms. The molecule has 0 amide bonds. The lowest BCUT2D eigenvalue weighted by Crippen LogP contribution is -2.15. The van der Waals surface area contributed by atoms with E-state index in [1.807, 2.05) is 0 Å². The van der Waals surface area contributed by atoms with E-state index in [1.54, 1.807) is 13.3 Å². The third-order valence-electron chi connectivity index (χ3n) is 2.35. The van der Waals surface area contributed by atoms with Gasteiger partial charge in [-0.05, 0) is 22.4 Å². The maximum Gasteiger partial charge on any atom is 0.139 e. The molecule has 0 radical (unpaired) electrons. The molecule has 0 bridgehead atoms. The maximum atomic E-state index is 5.67. The average molecular weight is 258 g/mol. The van der Waals surface area contributed by atoms with Gasteiger partial charge in [0.25, 0.3) is 0 Å². The van der Waals surface area contributed by atoms with Gasteiger partial charge in [-0.15, -0.1) is 0 Å². The zero-order valence-corrected chi connectivity index (χ0v) is 9.58. The van der Waals surface area contributed by atoms with Crippen molar-refractivity contribution < 1.29 is 9.47 Å². The molecule has 0 aliphatic carbocycles. The SMILES string of the molecule is COC1CC=C2CN=CC(Br)=C2OC1. The highest BCUT2D eigenvalue weighted by molar-refractivity contribution is 9.12. The number of methoxy groups -OCH3 is 1. The van der Waals surface area contributed by atoms with Crippen LogP contribution in [0.2, 0.25) is 0 Å². The number of rotatable bonds is 1. The summed E-state index contributed by atoms with van der Waals surface area (Å²) in [5.41, 5.74) is 1.15. The van der Waals surface area contributed by atoms with Gasteiger partial charge in [-0.1, -0.05) is 6.08 Å². The van der Waals surface area contributed by atoms with E-state index in [0.717, 1.165) is 22.2 Å². The number of ether oxygens (including phenoxy) is 2. The van der Waals surface area contributed by atoms with Crippen LogP contribution in [0.15, 0.2) is 26.9 Å². The second kappa shape index (κ2) is 4.28. The van der Waals surface area contributed by atoms with Gasteiger partial charge in [0.05, 0.1) is 17.1 Å². The monoisotopic (exact) mass is 257 g/mol. The molecule has 2 aliphatic rings. The molecule has 2 aliphatic heterocycles. The number of nitrogens with zero attached hydrogens (tertiary/aromatic N) is 1. The minimum absolute atomic E-state index is 0.154. The smallest absolute Gasteiger partial charge is 0.139 e. The van der Waals surface area contributed by atoms with Crippen molar-refractivity contribution >= 4 is 22.1 Å². The molecule has 0 saturated heterocycles. The molecule has 0 fully saturated rings. The van der Waals surface area contributed by atoms with Gasteiger partial charge in [-0.2, -0.15) is 0 Å². The highest BCUT2D eigenvalue weighted by Gasteiger charge is 2.20. The standard InChI is InChI=1S/C10H12BrNO2/c1-13-8-3-2-7-4-12-5-9(11)10(7)14-6-8/h2,5,8H,3-4,6H2,1H3. The number of allylic oxidation sites excluding steroid dienone is 1. The molecule has 2 rings (SSSR count). The Kier molecular flexibility index (Phi) is 3.03. The molecule has 2 heterocycles. The third-order valence-corrected chi connectivity index (χ3v) is 2.91. The molecule has 0 spiro atoms. The van der Waals surface area contributed by atoms with Crippen molar-refractivity contribution in [3.8, 4) is 0 Å². The minimum atomic E-state index is 0.154. The third kappa shape index (κ3) is 1.91. The summed E-state index contributed by atoms with van der Waals surface area (Å²) in [5, 5.41) is 0. The van der Waals surface area contributed by atoms with E-state index in [4.69, 9.17) is 9.47 Å². The predicted octanol–water partition coefficient (Wildman–Crippen LogP) is 2.04. The predicted molar refractivity (Wildman–Crippen MR) is 58.8 cm³/mol. The summed E-state index contributed by atoms with van der Waals surface area (Å²) in [6.45, 7) is 1.32. The van der Waals surface area contributed by atoms with Crippen LogP contribution in [0.4, 0.5) is 0 Å². The number of fused-ring (bicyclic) bond motifs is 1. The summed E-state index contributed by atoms with van der Waals surface area (Å²) in [4.78, 5) is 4.22. The van der Waals surface area contributed by atoms with Crippen molar-refractivity contribution in [2.75, 3.05) is 20.3 Å². The first-order valence-electron chi connectivity index (χ1n) is 4.56. The van der Waals surface area contributed by atoms with Crippen LogP contribution in [0.3, 0.4) is 0 Å². The lowest BCUT2D eigenvalue weighted by molar-refractivity contribution is 0.0414. The van der Waals surface area contributed by atoms with Crippen molar-refractivity contribution in [2.45, 2.75) is 12.5 Å². The number of hydrogen-bond donors (Lipinski definition) is 0. The quantitative estimate of drug-likeness (QED) is 0.720. The zero-order chi connectivity index (χ0) is 9.97. The largest absolute Gasteiger partial charge is 0.489 e. The highest BCUT2D eigenvalue weighted by atomic mass is 79.9.